The Bertz CT molecular complexity index is 322. The van der Waals surface area contributed by atoms with Crippen molar-refractivity contribution < 1.29 is 27.8 Å². The number of rotatable bonds is 5. The van der Waals surface area contributed by atoms with Crippen LogP contribution in [-0.2, 0) is 9.53 Å². The summed E-state index contributed by atoms with van der Waals surface area (Å²) < 4.78 is 42.9. The van der Waals surface area contributed by atoms with Crippen molar-refractivity contribution in [2.75, 3.05) is 26.9 Å². The molecule has 3 atom stereocenters. The number of hydrogen-bond donors (Lipinski definition) is 2. The standard InChI is InChI=1S/C12H20F3NO3/c1-11(6-17,7-19-2)10(18)8-3-4-16-9(5-8)12(13,14)15/h8-9,16-17H,3-7H2,1-2H3. The number of Topliss-reactive ketones (excluding diaryl/α,β-unsaturated/α-hetero) is 1. The Hall–Kier alpha value is -0.660. The van der Waals surface area contributed by atoms with Gasteiger partial charge in [-0.25, -0.2) is 0 Å². The van der Waals surface area contributed by atoms with Gasteiger partial charge in [0, 0.05) is 13.0 Å². The van der Waals surface area contributed by atoms with Crippen LogP contribution < -0.4 is 5.32 Å². The summed E-state index contributed by atoms with van der Waals surface area (Å²) in [6, 6.07) is -1.65. The second-order valence-electron chi connectivity index (χ2n) is 5.29. The predicted molar refractivity (Wildman–Crippen MR) is 62.6 cm³/mol. The molecular weight excluding hydrogens is 263 g/mol. The van der Waals surface area contributed by atoms with Crippen LogP contribution in [0.15, 0.2) is 0 Å². The van der Waals surface area contributed by atoms with Crippen LogP contribution in [0.2, 0.25) is 0 Å². The molecule has 0 saturated carbocycles. The van der Waals surface area contributed by atoms with Crippen molar-refractivity contribution >= 4 is 5.78 Å². The molecule has 1 fully saturated rings. The zero-order chi connectivity index (χ0) is 14.7. The first-order chi connectivity index (χ1) is 8.74. The molecule has 1 heterocycles. The quantitative estimate of drug-likeness (QED) is 0.794. The maximum atomic E-state index is 12.7. The molecule has 0 aliphatic carbocycles. The van der Waals surface area contributed by atoms with Gasteiger partial charge in [-0.3, -0.25) is 4.79 Å². The molecule has 112 valence electrons. The van der Waals surface area contributed by atoms with E-state index in [1.807, 2.05) is 0 Å². The van der Waals surface area contributed by atoms with E-state index in [9.17, 15) is 23.1 Å². The van der Waals surface area contributed by atoms with Gasteiger partial charge in [-0.05, 0) is 26.3 Å². The number of aliphatic hydroxyl groups excluding tert-OH is 1. The second-order valence-corrected chi connectivity index (χ2v) is 5.29. The summed E-state index contributed by atoms with van der Waals surface area (Å²) >= 11 is 0. The summed E-state index contributed by atoms with van der Waals surface area (Å²) in [5.74, 6) is -1.05. The molecule has 0 amide bonds. The first-order valence-electron chi connectivity index (χ1n) is 6.19. The fraction of sp³-hybridized carbons (Fsp3) is 0.917. The third-order valence-electron chi connectivity index (χ3n) is 3.58. The second kappa shape index (κ2) is 6.19. The molecule has 0 spiro atoms. The monoisotopic (exact) mass is 283 g/mol. The summed E-state index contributed by atoms with van der Waals surface area (Å²) in [6.07, 6.45) is -4.28. The minimum Gasteiger partial charge on any atom is -0.395 e. The first-order valence-corrected chi connectivity index (χ1v) is 6.19. The summed E-state index contributed by atoms with van der Waals surface area (Å²) in [5.41, 5.74) is -1.13. The maximum absolute atomic E-state index is 12.7. The Kier molecular flexibility index (Phi) is 5.34. The van der Waals surface area contributed by atoms with Crippen LogP contribution in [0, 0.1) is 11.3 Å². The lowest BCUT2D eigenvalue weighted by Gasteiger charge is -2.35. The highest BCUT2D eigenvalue weighted by Gasteiger charge is 2.46. The molecule has 0 bridgehead atoms. The first kappa shape index (κ1) is 16.4. The normalized spacial score (nSPS) is 27.9. The molecule has 7 heteroatoms. The Morgan fingerprint density at radius 3 is 2.58 bits per heavy atom. The summed E-state index contributed by atoms with van der Waals surface area (Å²) in [4.78, 5) is 12.3. The van der Waals surface area contributed by atoms with Crippen LogP contribution in [-0.4, -0.2) is 50.0 Å². The zero-order valence-corrected chi connectivity index (χ0v) is 11.1. The maximum Gasteiger partial charge on any atom is 0.403 e. The SMILES string of the molecule is COCC(C)(CO)C(=O)C1CCNC(C(F)(F)F)C1. The van der Waals surface area contributed by atoms with Crippen molar-refractivity contribution in [1.29, 1.82) is 0 Å². The van der Waals surface area contributed by atoms with Crippen molar-refractivity contribution in [3.05, 3.63) is 0 Å². The highest BCUT2D eigenvalue weighted by atomic mass is 19.4. The lowest BCUT2D eigenvalue weighted by atomic mass is 9.76. The molecule has 4 nitrogen and oxygen atoms in total. The van der Waals surface area contributed by atoms with Crippen LogP contribution in [0.4, 0.5) is 13.2 Å². The van der Waals surface area contributed by atoms with E-state index < -0.39 is 30.2 Å². The summed E-state index contributed by atoms with van der Waals surface area (Å²) in [7, 11) is 1.39. The molecule has 1 saturated heterocycles. The molecule has 0 aromatic carbocycles. The van der Waals surface area contributed by atoms with Crippen LogP contribution in [0.25, 0.3) is 0 Å². The molecule has 1 aliphatic heterocycles. The largest absolute Gasteiger partial charge is 0.403 e. The van der Waals surface area contributed by atoms with E-state index in [1.54, 1.807) is 0 Å². The fourth-order valence-corrected chi connectivity index (χ4v) is 2.41. The number of carbonyl (C=O) groups excluding carboxylic acids is 1. The Morgan fingerprint density at radius 1 is 1.47 bits per heavy atom. The summed E-state index contributed by atoms with van der Waals surface area (Å²) in [5, 5.41) is 11.7. The third kappa shape index (κ3) is 3.90. The van der Waals surface area contributed by atoms with Gasteiger partial charge in [0.1, 0.15) is 11.8 Å². The Balaban J connectivity index is 2.76. The number of halogens is 3. The van der Waals surface area contributed by atoms with E-state index in [0.29, 0.717) is 6.42 Å². The van der Waals surface area contributed by atoms with Gasteiger partial charge in [-0.2, -0.15) is 13.2 Å². The molecular formula is C12H20F3NO3. The number of piperidine rings is 1. The van der Waals surface area contributed by atoms with Gasteiger partial charge in [0.05, 0.1) is 18.6 Å². The van der Waals surface area contributed by atoms with E-state index in [-0.39, 0.29) is 25.4 Å². The third-order valence-corrected chi connectivity index (χ3v) is 3.58. The topological polar surface area (TPSA) is 58.6 Å². The van der Waals surface area contributed by atoms with E-state index in [2.05, 4.69) is 5.32 Å². The van der Waals surface area contributed by atoms with E-state index >= 15 is 0 Å². The number of carbonyl (C=O) groups is 1. The smallest absolute Gasteiger partial charge is 0.395 e. The van der Waals surface area contributed by atoms with E-state index in [0.717, 1.165) is 0 Å². The predicted octanol–water partition coefficient (Wildman–Crippen LogP) is 1.13. The number of hydrogen-bond acceptors (Lipinski definition) is 4. The lowest BCUT2D eigenvalue weighted by molar-refractivity contribution is -0.167. The number of ketones is 1. The average Bonchev–Trinajstić information content (AvgIpc) is 2.37. The number of ether oxygens (including phenoxy) is 1. The van der Waals surface area contributed by atoms with Crippen molar-refractivity contribution in [3.8, 4) is 0 Å². The number of aliphatic hydroxyl groups is 1. The van der Waals surface area contributed by atoms with Gasteiger partial charge >= 0.3 is 6.18 Å². The van der Waals surface area contributed by atoms with Crippen LogP contribution in [0.1, 0.15) is 19.8 Å². The minimum absolute atomic E-state index is 0.00292. The van der Waals surface area contributed by atoms with Crippen molar-refractivity contribution in [1.82, 2.24) is 5.32 Å². The molecule has 0 aromatic heterocycles. The zero-order valence-electron chi connectivity index (χ0n) is 11.1. The average molecular weight is 283 g/mol. The van der Waals surface area contributed by atoms with Gasteiger partial charge in [0.25, 0.3) is 0 Å². The molecule has 0 aromatic rings. The molecule has 19 heavy (non-hydrogen) atoms. The highest BCUT2D eigenvalue weighted by molar-refractivity contribution is 5.87. The molecule has 2 N–H and O–H groups in total. The van der Waals surface area contributed by atoms with Gasteiger partial charge in [0.15, 0.2) is 0 Å². The van der Waals surface area contributed by atoms with Crippen molar-refractivity contribution in [2.45, 2.75) is 32.0 Å². The van der Waals surface area contributed by atoms with Gasteiger partial charge in [0.2, 0.25) is 0 Å². The van der Waals surface area contributed by atoms with Crippen molar-refractivity contribution in [2.24, 2.45) is 11.3 Å². The molecule has 0 radical (unpaired) electrons. The van der Waals surface area contributed by atoms with E-state index in [1.165, 1.54) is 14.0 Å². The number of methoxy groups -OCH3 is 1. The van der Waals surface area contributed by atoms with Crippen LogP contribution in [0.3, 0.4) is 0 Å². The van der Waals surface area contributed by atoms with Crippen molar-refractivity contribution in [3.63, 3.8) is 0 Å². The minimum atomic E-state index is -4.35. The molecule has 1 rings (SSSR count). The Labute approximate surface area is 110 Å². The number of nitrogens with one attached hydrogen (secondary N) is 1. The summed E-state index contributed by atoms with van der Waals surface area (Å²) in [6.45, 7) is 1.24. The fourth-order valence-electron chi connectivity index (χ4n) is 2.41. The van der Waals surface area contributed by atoms with Crippen LogP contribution >= 0.6 is 0 Å². The molecule has 3 unspecified atom stereocenters. The van der Waals surface area contributed by atoms with E-state index in [4.69, 9.17) is 4.74 Å². The van der Waals surface area contributed by atoms with Gasteiger partial charge in [-0.15, -0.1) is 0 Å². The molecule has 1 aliphatic rings. The highest BCUT2D eigenvalue weighted by Crippen LogP contribution is 2.33. The van der Waals surface area contributed by atoms with Gasteiger partial charge in [-0.1, -0.05) is 0 Å². The number of alkyl halides is 3. The van der Waals surface area contributed by atoms with Crippen LogP contribution in [0.5, 0.6) is 0 Å². The van der Waals surface area contributed by atoms with Gasteiger partial charge < -0.3 is 15.2 Å². The lowest BCUT2D eigenvalue weighted by Crippen LogP contribution is -2.51. The Morgan fingerprint density at radius 2 is 2.11 bits per heavy atom.